The van der Waals surface area contributed by atoms with Crippen LogP contribution in [-0.2, 0) is 9.47 Å². The summed E-state index contributed by atoms with van der Waals surface area (Å²) in [5.74, 6) is 0.782. The van der Waals surface area contributed by atoms with Crippen molar-refractivity contribution >= 4 is 11.5 Å². The van der Waals surface area contributed by atoms with Gasteiger partial charge in [0.2, 0.25) is 0 Å². The summed E-state index contributed by atoms with van der Waals surface area (Å²) in [6.07, 6.45) is 3.20. The number of aromatic nitrogens is 1. The largest absolute Gasteiger partial charge is 0.381 e. The van der Waals surface area contributed by atoms with Gasteiger partial charge in [-0.25, -0.2) is 4.98 Å². The Morgan fingerprint density at radius 3 is 2.82 bits per heavy atom. The maximum atomic E-state index is 10.9. The molecule has 120 valence electrons. The Kier molecular flexibility index (Phi) is 4.01. The lowest BCUT2D eigenvalue weighted by Gasteiger charge is -2.47. The Bertz CT molecular complexity index is 572. The second-order valence-electron chi connectivity index (χ2n) is 6.19. The van der Waals surface area contributed by atoms with Gasteiger partial charge in [-0.05, 0) is 19.9 Å². The molecule has 0 aliphatic carbocycles. The van der Waals surface area contributed by atoms with Crippen molar-refractivity contribution < 1.29 is 14.4 Å². The second kappa shape index (κ2) is 5.81. The lowest BCUT2D eigenvalue weighted by atomic mass is 9.91. The van der Waals surface area contributed by atoms with Crippen LogP contribution in [0, 0.1) is 17.0 Å². The van der Waals surface area contributed by atoms with Gasteiger partial charge >= 0.3 is 0 Å². The molecular formula is C15H21N3O4. The van der Waals surface area contributed by atoms with E-state index in [1.807, 2.05) is 0 Å². The van der Waals surface area contributed by atoms with Crippen molar-refractivity contribution in [2.24, 2.45) is 0 Å². The summed E-state index contributed by atoms with van der Waals surface area (Å²) in [4.78, 5) is 17.0. The smallest absolute Gasteiger partial charge is 0.290 e. The summed E-state index contributed by atoms with van der Waals surface area (Å²) in [5.41, 5.74) is 0.508. The number of pyridine rings is 1. The predicted molar refractivity (Wildman–Crippen MR) is 81.2 cm³/mol. The third kappa shape index (κ3) is 2.91. The highest BCUT2D eigenvalue weighted by Gasteiger charge is 2.41. The van der Waals surface area contributed by atoms with Crippen LogP contribution in [0.1, 0.15) is 25.3 Å². The molecule has 0 radical (unpaired) electrons. The highest BCUT2D eigenvalue weighted by Crippen LogP contribution is 2.33. The summed E-state index contributed by atoms with van der Waals surface area (Å²) >= 11 is 0. The molecule has 1 unspecified atom stereocenters. The molecule has 0 saturated carbocycles. The molecule has 3 heterocycles. The third-order valence-corrected chi connectivity index (χ3v) is 4.40. The first-order chi connectivity index (χ1) is 10.5. The molecule has 2 aliphatic heterocycles. The van der Waals surface area contributed by atoms with Crippen molar-refractivity contribution in [1.82, 2.24) is 4.98 Å². The molecule has 7 nitrogen and oxygen atoms in total. The van der Waals surface area contributed by atoms with Gasteiger partial charge in [0.25, 0.3) is 5.69 Å². The van der Waals surface area contributed by atoms with Crippen molar-refractivity contribution in [2.45, 2.75) is 38.4 Å². The first-order valence-electron chi connectivity index (χ1n) is 7.61. The van der Waals surface area contributed by atoms with Gasteiger partial charge in [0.1, 0.15) is 12.0 Å². The predicted octanol–water partition coefficient (Wildman–Crippen LogP) is 2.07. The van der Waals surface area contributed by atoms with Gasteiger partial charge in [0.15, 0.2) is 0 Å². The van der Waals surface area contributed by atoms with E-state index < -0.39 is 4.92 Å². The molecule has 1 aromatic heterocycles. The minimum atomic E-state index is -0.395. The van der Waals surface area contributed by atoms with Crippen LogP contribution in [0.2, 0.25) is 0 Å². The molecule has 1 atom stereocenters. The van der Waals surface area contributed by atoms with Crippen LogP contribution in [0.25, 0.3) is 0 Å². The fourth-order valence-electron chi connectivity index (χ4n) is 3.32. The molecular weight excluding hydrogens is 286 g/mol. The average Bonchev–Trinajstić information content (AvgIpc) is 2.46. The van der Waals surface area contributed by atoms with Gasteiger partial charge < -0.3 is 14.4 Å². The van der Waals surface area contributed by atoms with Crippen LogP contribution in [0.4, 0.5) is 11.5 Å². The molecule has 0 amide bonds. The van der Waals surface area contributed by atoms with E-state index in [9.17, 15) is 10.1 Å². The maximum absolute atomic E-state index is 10.9. The van der Waals surface area contributed by atoms with Crippen LogP contribution in [0.5, 0.6) is 0 Å². The van der Waals surface area contributed by atoms with E-state index in [1.54, 1.807) is 13.0 Å². The molecule has 1 spiro atoms. The lowest BCUT2D eigenvalue weighted by molar-refractivity contribution is -0.385. The lowest BCUT2D eigenvalue weighted by Crippen LogP contribution is -2.57. The zero-order valence-electron chi connectivity index (χ0n) is 12.9. The number of hydrogen-bond donors (Lipinski definition) is 0. The summed E-state index contributed by atoms with van der Waals surface area (Å²) in [6, 6.07) is 1.79. The van der Waals surface area contributed by atoms with Crippen LogP contribution in [0.3, 0.4) is 0 Å². The molecule has 2 aliphatic rings. The van der Waals surface area contributed by atoms with Gasteiger partial charge in [-0.2, -0.15) is 0 Å². The molecule has 0 N–H and O–H groups in total. The number of rotatable bonds is 2. The number of ether oxygens (including phenoxy) is 2. The van der Waals surface area contributed by atoms with E-state index in [0.29, 0.717) is 18.8 Å². The first kappa shape index (κ1) is 15.2. The van der Waals surface area contributed by atoms with Crippen LogP contribution >= 0.6 is 0 Å². The Morgan fingerprint density at radius 1 is 1.45 bits per heavy atom. The number of nitrogens with zero attached hydrogens (tertiary/aromatic N) is 3. The second-order valence-corrected chi connectivity index (χ2v) is 6.19. The Labute approximate surface area is 129 Å². The zero-order valence-corrected chi connectivity index (χ0v) is 12.9. The van der Waals surface area contributed by atoms with Crippen molar-refractivity contribution in [1.29, 1.82) is 0 Å². The van der Waals surface area contributed by atoms with E-state index in [1.165, 1.54) is 6.20 Å². The highest BCUT2D eigenvalue weighted by molar-refractivity contribution is 5.49. The minimum absolute atomic E-state index is 0.0610. The van der Waals surface area contributed by atoms with Gasteiger partial charge in [0, 0.05) is 44.7 Å². The van der Waals surface area contributed by atoms with Crippen LogP contribution < -0.4 is 4.90 Å². The van der Waals surface area contributed by atoms with E-state index in [-0.39, 0.29) is 17.4 Å². The number of hydrogen-bond acceptors (Lipinski definition) is 6. The fourth-order valence-corrected chi connectivity index (χ4v) is 3.32. The van der Waals surface area contributed by atoms with Crippen LogP contribution in [-0.4, -0.2) is 47.9 Å². The Morgan fingerprint density at radius 2 is 2.18 bits per heavy atom. The summed E-state index contributed by atoms with van der Waals surface area (Å²) in [6.45, 7) is 6.73. The van der Waals surface area contributed by atoms with Gasteiger partial charge in [-0.3, -0.25) is 10.1 Å². The Balaban J connectivity index is 1.84. The molecule has 7 heteroatoms. The minimum Gasteiger partial charge on any atom is -0.381 e. The molecule has 0 bridgehead atoms. The average molecular weight is 307 g/mol. The molecule has 1 aromatic rings. The topological polar surface area (TPSA) is 77.7 Å². The molecule has 2 fully saturated rings. The molecule has 22 heavy (non-hydrogen) atoms. The zero-order chi connectivity index (χ0) is 15.7. The number of aryl methyl sites for hydroxylation is 1. The molecule has 0 aromatic carbocycles. The van der Waals surface area contributed by atoms with E-state index in [0.717, 1.165) is 31.7 Å². The molecule has 2 saturated heterocycles. The number of nitro groups is 1. The number of anilines is 1. The maximum Gasteiger partial charge on any atom is 0.290 e. The highest BCUT2D eigenvalue weighted by atomic mass is 16.6. The van der Waals surface area contributed by atoms with Crippen LogP contribution in [0.15, 0.2) is 12.3 Å². The van der Waals surface area contributed by atoms with Crippen molar-refractivity contribution in [3.05, 3.63) is 27.9 Å². The summed E-state index contributed by atoms with van der Waals surface area (Å²) in [7, 11) is 0. The standard InChI is InChI=1S/C15H21N3O4/c1-11-7-14(16-8-13(11)18(19)20)17-9-12(2)22-15(10-17)3-5-21-6-4-15/h7-8,12H,3-6,9-10H2,1-2H3. The van der Waals surface area contributed by atoms with E-state index >= 15 is 0 Å². The van der Waals surface area contributed by atoms with Crippen molar-refractivity contribution in [3.8, 4) is 0 Å². The van der Waals surface area contributed by atoms with Gasteiger partial charge in [-0.1, -0.05) is 0 Å². The monoisotopic (exact) mass is 307 g/mol. The van der Waals surface area contributed by atoms with E-state index in [2.05, 4.69) is 16.8 Å². The normalized spacial score (nSPS) is 24.5. The Hall–Kier alpha value is -1.73. The van der Waals surface area contributed by atoms with E-state index in [4.69, 9.17) is 9.47 Å². The van der Waals surface area contributed by atoms with Crippen molar-refractivity contribution in [3.63, 3.8) is 0 Å². The first-order valence-corrected chi connectivity index (χ1v) is 7.61. The number of morpholine rings is 1. The SMILES string of the molecule is Cc1cc(N2CC(C)OC3(CCOCC3)C2)ncc1[N+](=O)[O-]. The summed E-state index contributed by atoms with van der Waals surface area (Å²) < 4.78 is 11.6. The molecule has 3 rings (SSSR count). The quantitative estimate of drug-likeness (QED) is 0.615. The van der Waals surface area contributed by atoms with Gasteiger partial charge in [-0.15, -0.1) is 0 Å². The van der Waals surface area contributed by atoms with Crippen molar-refractivity contribution in [2.75, 3.05) is 31.2 Å². The fraction of sp³-hybridized carbons (Fsp3) is 0.667. The third-order valence-electron chi connectivity index (χ3n) is 4.40. The van der Waals surface area contributed by atoms with Gasteiger partial charge in [0.05, 0.1) is 16.6 Å². The summed E-state index contributed by atoms with van der Waals surface area (Å²) in [5, 5.41) is 10.9.